The van der Waals surface area contributed by atoms with Crippen molar-refractivity contribution in [3.63, 3.8) is 0 Å². The van der Waals surface area contributed by atoms with Crippen molar-refractivity contribution < 1.29 is 0 Å². The van der Waals surface area contributed by atoms with Crippen LogP contribution in [0.25, 0.3) is 10.8 Å². The monoisotopic (exact) mass is 286 g/mol. The fraction of sp³-hybridized carbons (Fsp3) is 0.353. The van der Waals surface area contributed by atoms with Crippen molar-refractivity contribution in [2.45, 2.75) is 32.7 Å². The quantitative estimate of drug-likeness (QED) is 0.839. The number of anilines is 1. The van der Waals surface area contributed by atoms with Gasteiger partial charge in [-0.05, 0) is 30.9 Å². The summed E-state index contributed by atoms with van der Waals surface area (Å²) in [5.41, 5.74) is 8.02. The fourth-order valence-corrected chi connectivity index (χ4v) is 2.83. The molecule has 2 nitrogen and oxygen atoms in total. The smallest absolute Gasteiger partial charge is 0.104 e. The lowest BCUT2D eigenvalue weighted by molar-refractivity contribution is 0.617. The van der Waals surface area contributed by atoms with E-state index in [1.54, 1.807) is 0 Å². The molecule has 20 heavy (non-hydrogen) atoms. The number of benzene rings is 2. The zero-order valence-electron chi connectivity index (χ0n) is 12.4. The Bertz CT molecular complexity index is 621. The summed E-state index contributed by atoms with van der Waals surface area (Å²) in [7, 11) is 2.16. The molecular formula is C17H22N2S. The first-order chi connectivity index (χ1) is 9.56. The molecule has 106 valence electrons. The Morgan fingerprint density at radius 3 is 2.45 bits per heavy atom. The van der Waals surface area contributed by atoms with E-state index in [-0.39, 0.29) is 0 Å². The van der Waals surface area contributed by atoms with Crippen LogP contribution in [0.15, 0.2) is 36.4 Å². The van der Waals surface area contributed by atoms with Crippen LogP contribution in [0.5, 0.6) is 0 Å². The molecule has 0 heterocycles. The van der Waals surface area contributed by atoms with Gasteiger partial charge in [-0.15, -0.1) is 0 Å². The van der Waals surface area contributed by atoms with Crippen molar-refractivity contribution >= 4 is 33.7 Å². The van der Waals surface area contributed by atoms with Crippen molar-refractivity contribution in [3.8, 4) is 0 Å². The van der Waals surface area contributed by atoms with Gasteiger partial charge in [0.2, 0.25) is 0 Å². The summed E-state index contributed by atoms with van der Waals surface area (Å²) >= 11 is 5.16. The third-order valence-corrected chi connectivity index (χ3v) is 4.13. The van der Waals surface area contributed by atoms with Gasteiger partial charge in [-0.3, -0.25) is 0 Å². The number of hydrogen-bond donors (Lipinski definition) is 1. The lowest BCUT2D eigenvalue weighted by Gasteiger charge is -2.28. The maximum absolute atomic E-state index is 5.83. The Kier molecular flexibility index (Phi) is 4.61. The first-order valence-electron chi connectivity index (χ1n) is 7.10. The Labute approximate surface area is 126 Å². The van der Waals surface area contributed by atoms with Gasteiger partial charge in [0, 0.05) is 29.7 Å². The maximum Gasteiger partial charge on any atom is 0.104 e. The Balaban J connectivity index is 2.56. The van der Waals surface area contributed by atoms with Crippen LogP contribution in [0, 0.1) is 0 Å². The van der Waals surface area contributed by atoms with E-state index >= 15 is 0 Å². The summed E-state index contributed by atoms with van der Waals surface area (Å²) in [4.78, 5) is 2.80. The zero-order valence-corrected chi connectivity index (χ0v) is 13.2. The predicted molar refractivity (Wildman–Crippen MR) is 92.6 cm³/mol. The van der Waals surface area contributed by atoms with Crippen LogP contribution in [0.1, 0.15) is 32.3 Å². The molecule has 2 aromatic carbocycles. The molecule has 0 aromatic heterocycles. The summed E-state index contributed by atoms with van der Waals surface area (Å²) in [6.45, 7) is 4.48. The molecule has 1 atom stereocenters. The highest BCUT2D eigenvalue weighted by molar-refractivity contribution is 7.80. The van der Waals surface area contributed by atoms with E-state index in [9.17, 15) is 0 Å². The van der Waals surface area contributed by atoms with E-state index < -0.39 is 0 Å². The molecule has 0 saturated heterocycles. The summed E-state index contributed by atoms with van der Waals surface area (Å²) in [5.74, 6) is 0. The van der Waals surface area contributed by atoms with Gasteiger partial charge in [0.05, 0.1) is 0 Å². The van der Waals surface area contributed by atoms with Gasteiger partial charge < -0.3 is 10.6 Å². The van der Waals surface area contributed by atoms with Crippen LogP contribution in [-0.2, 0) is 0 Å². The van der Waals surface area contributed by atoms with Gasteiger partial charge in [0.25, 0.3) is 0 Å². The summed E-state index contributed by atoms with van der Waals surface area (Å²) in [6, 6.07) is 13.0. The molecule has 0 aliphatic carbocycles. The lowest BCUT2D eigenvalue weighted by Crippen LogP contribution is -2.28. The van der Waals surface area contributed by atoms with Gasteiger partial charge in [-0.1, -0.05) is 49.8 Å². The Morgan fingerprint density at radius 1 is 1.20 bits per heavy atom. The number of nitrogens with two attached hydrogens (primary N) is 1. The molecule has 2 N–H and O–H groups in total. The maximum atomic E-state index is 5.83. The minimum absolute atomic E-state index is 0.456. The first-order valence-corrected chi connectivity index (χ1v) is 7.51. The van der Waals surface area contributed by atoms with E-state index in [0.29, 0.717) is 11.0 Å². The highest BCUT2D eigenvalue weighted by atomic mass is 32.1. The highest BCUT2D eigenvalue weighted by Crippen LogP contribution is 2.30. The topological polar surface area (TPSA) is 29.3 Å². The van der Waals surface area contributed by atoms with Crippen molar-refractivity contribution in [3.05, 3.63) is 42.0 Å². The molecule has 0 saturated carbocycles. The average Bonchev–Trinajstić information content (AvgIpc) is 2.45. The first kappa shape index (κ1) is 14.8. The molecule has 0 amide bonds. The average molecular weight is 286 g/mol. The van der Waals surface area contributed by atoms with E-state index in [0.717, 1.165) is 10.9 Å². The lowest BCUT2D eigenvalue weighted by atomic mass is 10.0. The van der Waals surface area contributed by atoms with Crippen LogP contribution >= 0.6 is 12.2 Å². The van der Waals surface area contributed by atoms with E-state index in [1.165, 1.54) is 23.9 Å². The normalized spacial score (nSPS) is 12.3. The molecule has 2 aromatic rings. The number of hydrogen-bond acceptors (Lipinski definition) is 2. The van der Waals surface area contributed by atoms with Crippen LogP contribution in [-0.4, -0.2) is 18.1 Å². The standard InChI is InChI=1S/C17H22N2S/c1-4-7-12(2)19(3)16-11-10-15(17(18)20)13-8-5-6-9-14(13)16/h5-6,8-12H,4,7H2,1-3H3,(H2,18,20). The minimum atomic E-state index is 0.456. The second-order valence-electron chi connectivity index (χ2n) is 5.29. The van der Waals surface area contributed by atoms with Gasteiger partial charge in [0.15, 0.2) is 0 Å². The van der Waals surface area contributed by atoms with Crippen LogP contribution in [0.2, 0.25) is 0 Å². The Hall–Kier alpha value is -1.61. The molecule has 2 rings (SSSR count). The number of fused-ring (bicyclic) bond motifs is 1. The van der Waals surface area contributed by atoms with Gasteiger partial charge in [0.1, 0.15) is 4.99 Å². The van der Waals surface area contributed by atoms with Crippen molar-refractivity contribution in [1.29, 1.82) is 0 Å². The molecule has 0 spiro atoms. The summed E-state index contributed by atoms with van der Waals surface area (Å²) < 4.78 is 0. The van der Waals surface area contributed by atoms with Gasteiger partial charge in [-0.25, -0.2) is 0 Å². The molecule has 0 fully saturated rings. The second kappa shape index (κ2) is 6.23. The minimum Gasteiger partial charge on any atom is -0.389 e. The van der Waals surface area contributed by atoms with Gasteiger partial charge in [-0.2, -0.15) is 0 Å². The number of thiocarbonyl (C=S) groups is 1. The summed E-state index contributed by atoms with van der Waals surface area (Å²) in [5, 5.41) is 2.34. The predicted octanol–water partition coefficient (Wildman–Crippen LogP) is 4.10. The van der Waals surface area contributed by atoms with E-state index in [4.69, 9.17) is 18.0 Å². The van der Waals surface area contributed by atoms with Gasteiger partial charge >= 0.3 is 0 Å². The SMILES string of the molecule is CCCC(C)N(C)c1ccc(C(N)=S)c2ccccc12. The fourth-order valence-electron chi connectivity index (χ4n) is 2.65. The third kappa shape index (κ3) is 2.78. The van der Waals surface area contributed by atoms with Crippen molar-refractivity contribution in [2.75, 3.05) is 11.9 Å². The van der Waals surface area contributed by atoms with Crippen molar-refractivity contribution in [2.24, 2.45) is 5.73 Å². The molecule has 1 unspecified atom stereocenters. The zero-order chi connectivity index (χ0) is 14.7. The third-order valence-electron chi connectivity index (χ3n) is 3.91. The number of nitrogens with zero attached hydrogens (tertiary/aromatic N) is 1. The van der Waals surface area contributed by atoms with Crippen LogP contribution in [0.3, 0.4) is 0 Å². The summed E-state index contributed by atoms with van der Waals surface area (Å²) in [6.07, 6.45) is 2.37. The van der Waals surface area contributed by atoms with Crippen LogP contribution < -0.4 is 10.6 Å². The Morgan fingerprint density at radius 2 is 1.85 bits per heavy atom. The highest BCUT2D eigenvalue weighted by Gasteiger charge is 2.14. The number of rotatable bonds is 5. The largest absolute Gasteiger partial charge is 0.389 e. The van der Waals surface area contributed by atoms with Crippen LogP contribution in [0.4, 0.5) is 5.69 Å². The van der Waals surface area contributed by atoms with Crippen molar-refractivity contribution in [1.82, 2.24) is 0 Å². The van der Waals surface area contributed by atoms with E-state index in [2.05, 4.69) is 50.1 Å². The second-order valence-corrected chi connectivity index (χ2v) is 5.73. The molecule has 0 radical (unpaired) electrons. The molecule has 0 aliphatic rings. The molecule has 3 heteroatoms. The molecule has 0 aliphatic heterocycles. The molecule has 0 bridgehead atoms. The molecular weight excluding hydrogens is 264 g/mol. The van der Waals surface area contributed by atoms with E-state index in [1.807, 2.05) is 12.1 Å².